The number of hydrogen-bond donors (Lipinski definition) is 3. The third-order valence-electron chi connectivity index (χ3n) is 5.95. The Morgan fingerprint density at radius 1 is 0.733 bits per heavy atom. The number of anilines is 2. The van der Waals surface area contributed by atoms with Gasteiger partial charge in [0, 0.05) is 92.9 Å². The van der Waals surface area contributed by atoms with Crippen molar-refractivity contribution in [2.24, 2.45) is 0 Å². The molecule has 4 N–H and O–H groups in total. The Bertz CT molecular complexity index is 1860. The third kappa shape index (κ3) is 10.0. The summed E-state index contributed by atoms with van der Waals surface area (Å²) < 4.78 is 15.6. The van der Waals surface area contributed by atoms with Gasteiger partial charge in [0.1, 0.15) is 11.5 Å². The Labute approximate surface area is 286 Å². The summed E-state index contributed by atoms with van der Waals surface area (Å²) in [4.78, 5) is 37.1. The van der Waals surface area contributed by atoms with Crippen molar-refractivity contribution in [3.05, 3.63) is 121 Å². The number of carboxylic acids is 1. The van der Waals surface area contributed by atoms with Gasteiger partial charge < -0.3 is 25.6 Å². The van der Waals surface area contributed by atoms with E-state index in [1.54, 1.807) is 32.4 Å². The molecule has 224 valence electrons. The van der Waals surface area contributed by atoms with Crippen LogP contribution in [0.3, 0.4) is 0 Å². The van der Waals surface area contributed by atoms with E-state index < -0.39 is 5.97 Å². The number of aromatic carboxylic acids is 1. The zero-order valence-electron chi connectivity index (χ0n) is 25.4. The minimum absolute atomic E-state index is 0. The van der Waals surface area contributed by atoms with Crippen LogP contribution in [-0.4, -0.2) is 60.9 Å². The summed E-state index contributed by atoms with van der Waals surface area (Å²) in [5.41, 5.74) is 7.28. The zero-order valence-corrected chi connectivity index (χ0v) is 28.6. The third-order valence-corrected chi connectivity index (χ3v) is 5.95. The molecular weight excluding hydrogens is 797 g/mol. The summed E-state index contributed by atoms with van der Waals surface area (Å²) in [5.74, 6) is -0.0133. The number of nitrogen functional groups attached to an aromatic ring is 1. The fourth-order valence-corrected chi connectivity index (χ4v) is 3.94. The van der Waals surface area contributed by atoms with Gasteiger partial charge in [-0.05, 0) is 36.4 Å². The maximum absolute atomic E-state index is 12.2. The summed E-state index contributed by atoms with van der Waals surface area (Å²) in [5, 5.41) is 15.2. The van der Waals surface area contributed by atoms with E-state index >= 15 is 0 Å². The Balaban J connectivity index is 0.000000252. The summed E-state index contributed by atoms with van der Waals surface area (Å²) in [6.07, 6.45) is 5.84. The average Bonchev–Trinajstić information content (AvgIpc) is 3.10. The summed E-state index contributed by atoms with van der Waals surface area (Å²) >= 11 is 0. The van der Waals surface area contributed by atoms with Crippen LogP contribution in [0.1, 0.15) is 21.2 Å². The molecule has 0 unspecified atom stereocenters. The van der Waals surface area contributed by atoms with Gasteiger partial charge in [-0.15, -0.1) is 0 Å². The molecule has 13 heteroatoms. The zero-order chi connectivity index (χ0) is 32.6. The SMILES string of the molecule is COc1cc(N)c2ccccc2c1.COc1cc(NC(=O)c2ncccn2)c2ccccc2c1.O=C(O)c1ncccn1.[3H][B].[U]. The van der Waals surface area contributed by atoms with Crippen molar-refractivity contribution in [1.82, 2.24) is 19.9 Å². The van der Waals surface area contributed by atoms with E-state index in [1.807, 2.05) is 66.7 Å². The summed E-state index contributed by atoms with van der Waals surface area (Å²) in [6.45, 7) is 0. The summed E-state index contributed by atoms with van der Waals surface area (Å²) in [6, 6.07) is 26.5. The van der Waals surface area contributed by atoms with E-state index in [1.165, 1.54) is 24.8 Å². The predicted octanol–water partition coefficient (Wildman–Crippen LogP) is 4.85. The second-order valence-electron chi connectivity index (χ2n) is 8.74. The minimum Gasteiger partial charge on any atom is -0.497 e. The summed E-state index contributed by atoms with van der Waals surface area (Å²) in [7, 11) is 6.99. The van der Waals surface area contributed by atoms with E-state index in [0.29, 0.717) is 11.4 Å². The number of nitrogens with zero attached hydrogens (tertiary/aromatic N) is 4. The van der Waals surface area contributed by atoms with Gasteiger partial charge in [0.15, 0.2) is 0 Å². The molecule has 4 aromatic carbocycles. The smallest absolute Gasteiger partial charge is 0.373 e. The predicted molar refractivity (Wildman–Crippen MR) is 172 cm³/mol. The minimum atomic E-state index is -1.10. The molecule has 2 aromatic heterocycles. The Morgan fingerprint density at radius 2 is 1.20 bits per heavy atom. The maximum atomic E-state index is 12.2. The number of carboxylic acid groups (broad SMARTS) is 1. The Hall–Kier alpha value is -4.98. The van der Waals surface area contributed by atoms with Gasteiger partial charge in [0.05, 0.1) is 19.9 Å². The van der Waals surface area contributed by atoms with Crippen LogP contribution in [0.5, 0.6) is 11.5 Å². The van der Waals surface area contributed by atoms with Crippen LogP contribution in [0.15, 0.2) is 110 Å². The van der Waals surface area contributed by atoms with Crippen LogP contribution in [0.25, 0.3) is 21.5 Å². The van der Waals surface area contributed by atoms with Gasteiger partial charge in [-0.3, -0.25) is 4.79 Å². The fraction of sp³-hybridized carbons (Fsp3) is 0.0625. The number of rotatable bonds is 5. The molecule has 0 atom stereocenters. The molecule has 2 radical (unpaired) electrons. The van der Waals surface area contributed by atoms with Gasteiger partial charge in [-0.1, -0.05) is 48.5 Å². The van der Waals surface area contributed by atoms with Gasteiger partial charge in [0.25, 0.3) is 5.91 Å². The molecule has 0 bridgehead atoms. The number of hydrogen-bond acceptors (Lipinski definition) is 9. The molecule has 0 saturated carbocycles. The van der Waals surface area contributed by atoms with E-state index in [2.05, 4.69) is 33.6 Å². The van der Waals surface area contributed by atoms with E-state index in [0.717, 1.165) is 33.0 Å². The number of nitrogens with two attached hydrogens (primary N) is 1. The van der Waals surface area contributed by atoms with Crippen molar-refractivity contribution < 1.29 is 55.3 Å². The molecule has 0 aliphatic heterocycles. The van der Waals surface area contributed by atoms with Crippen molar-refractivity contribution >= 4 is 53.2 Å². The number of ether oxygens (including phenoxy) is 2. The Morgan fingerprint density at radius 3 is 1.71 bits per heavy atom. The van der Waals surface area contributed by atoms with E-state index in [-0.39, 0.29) is 48.7 Å². The molecule has 0 aliphatic rings. The molecule has 0 spiro atoms. The second kappa shape index (κ2) is 18.0. The largest absolute Gasteiger partial charge is 0.497 e. The standard InChI is InChI=1S/C16H13N3O2.C11H11NO.C5H4N2O2.BH.U/c1-21-12-9-11-5-2-3-6-13(11)14(10-12)19-16(20)15-17-7-4-8-18-15;1-13-9-6-8-4-2-3-5-10(8)11(12)7-9;8-5(9)4-6-2-1-3-7-4;;/h2-10H,1H3,(H,19,20);2-7H,12H2,1H3;1-3H,(H,8,9);1H;/i;;;1T;. The number of benzene rings is 4. The van der Waals surface area contributed by atoms with Gasteiger partial charge in [-0.2, -0.15) is 0 Å². The van der Waals surface area contributed by atoms with E-state index in [9.17, 15) is 9.59 Å². The topological polar surface area (TPSA) is 162 Å². The quantitative estimate of drug-likeness (QED) is 0.162. The number of methoxy groups -OCH3 is 2. The van der Waals surface area contributed by atoms with Crippen LogP contribution >= 0.6 is 0 Å². The Kier molecular flexibility index (Phi) is 13.8. The number of amides is 1. The van der Waals surface area contributed by atoms with Crippen LogP contribution in [0.4, 0.5) is 11.4 Å². The normalized spacial score (nSPS) is 9.69. The van der Waals surface area contributed by atoms with Crippen molar-refractivity contribution in [2.75, 3.05) is 25.3 Å². The van der Waals surface area contributed by atoms with Crippen LogP contribution < -0.4 is 20.5 Å². The van der Waals surface area contributed by atoms with E-state index in [4.69, 9.17) is 21.6 Å². The maximum Gasteiger partial charge on any atom is 0.373 e. The van der Waals surface area contributed by atoms with Crippen LogP contribution in [-0.2, 0) is 0 Å². The fourth-order valence-electron chi connectivity index (χ4n) is 3.94. The number of fused-ring (bicyclic) bond motifs is 2. The molecular formula is C32H29BN6O5U. The molecule has 0 saturated heterocycles. The van der Waals surface area contributed by atoms with Crippen molar-refractivity contribution in [1.29, 1.82) is 1.34 Å². The van der Waals surface area contributed by atoms with Gasteiger partial charge in [0.2, 0.25) is 11.6 Å². The monoisotopic (exact) mass is 828 g/mol. The molecule has 6 aromatic rings. The van der Waals surface area contributed by atoms with Gasteiger partial charge >= 0.3 is 5.97 Å². The second-order valence-corrected chi connectivity index (χ2v) is 8.74. The van der Waals surface area contributed by atoms with Crippen LogP contribution in [0.2, 0.25) is 0 Å². The van der Waals surface area contributed by atoms with Crippen molar-refractivity contribution in [3.63, 3.8) is 0 Å². The first-order valence-electron chi connectivity index (χ1n) is 13.4. The molecule has 0 fully saturated rings. The average molecular weight is 828 g/mol. The number of carbonyl (C=O) groups is 2. The first-order chi connectivity index (χ1) is 21.9. The first-order valence-corrected chi connectivity index (χ1v) is 12.9. The molecule has 0 aliphatic carbocycles. The molecule has 6 rings (SSSR count). The van der Waals surface area contributed by atoms with Gasteiger partial charge in [-0.25, -0.2) is 24.7 Å². The number of aromatic nitrogens is 4. The van der Waals surface area contributed by atoms with Crippen LogP contribution in [0, 0.1) is 31.1 Å². The first kappa shape index (κ1) is 34.5. The van der Waals surface area contributed by atoms with Crippen molar-refractivity contribution in [2.45, 2.75) is 0 Å². The molecule has 45 heavy (non-hydrogen) atoms. The number of nitrogens with one attached hydrogen (secondary N) is 1. The number of carbonyl (C=O) groups excluding carboxylic acids is 1. The molecule has 2 heterocycles. The molecule has 11 nitrogen and oxygen atoms in total. The molecule has 1 amide bonds. The van der Waals surface area contributed by atoms with Crippen molar-refractivity contribution in [3.8, 4) is 11.5 Å².